The zero-order chi connectivity index (χ0) is 19.6. The molecular formula is C19H24N4O4. The Kier molecular flexibility index (Phi) is 5.16. The molecule has 0 spiro atoms. The number of carbonyl (C=O) groups is 2. The minimum atomic E-state index is -0.889. The first-order valence-corrected chi connectivity index (χ1v) is 8.93. The first-order valence-electron chi connectivity index (χ1n) is 8.93. The highest BCUT2D eigenvalue weighted by molar-refractivity contribution is 6.06. The number of hydrogen-bond donors (Lipinski definition) is 1. The Bertz CT molecular complexity index is 830. The van der Waals surface area contributed by atoms with E-state index in [0.717, 1.165) is 22.6 Å². The highest BCUT2D eigenvalue weighted by atomic mass is 16.5. The Hall–Kier alpha value is -2.90. The van der Waals surface area contributed by atoms with E-state index in [1.54, 1.807) is 38.3 Å². The average molecular weight is 372 g/mol. The lowest BCUT2D eigenvalue weighted by atomic mass is 9.92. The third kappa shape index (κ3) is 3.94. The van der Waals surface area contributed by atoms with Crippen LogP contribution in [0.2, 0.25) is 0 Å². The quantitative estimate of drug-likeness (QED) is 0.751. The number of carbonyl (C=O) groups excluding carboxylic acids is 2. The zero-order valence-electron chi connectivity index (χ0n) is 16.0. The topological polar surface area (TPSA) is 97.6 Å². The van der Waals surface area contributed by atoms with E-state index < -0.39 is 11.6 Å². The normalized spacial score (nSPS) is 19.7. The number of benzene rings is 1. The van der Waals surface area contributed by atoms with Crippen molar-refractivity contribution in [1.29, 1.82) is 0 Å². The van der Waals surface area contributed by atoms with Gasteiger partial charge in [-0.2, -0.15) is 0 Å². The van der Waals surface area contributed by atoms with Gasteiger partial charge in [0.15, 0.2) is 0 Å². The first-order chi connectivity index (χ1) is 12.8. The molecule has 2 aromatic rings. The molecule has 1 aromatic carbocycles. The fourth-order valence-electron chi connectivity index (χ4n) is 2.94. The van der Waals surface area contributed by atoms with Gasteiger partial charge in [-0.15, -0.1) is 10.2 Å². The van der Waals surface area contributed by atoms with Crippen molar-refractivity contribution in [3.05, 3.63) is 30.2 Å². The van der Waals surface area contributed by atoms with Gasteiger partial charge >= 0.3 is 6.03 Å². The number of methoxy groups -OCH3 is 1. The first kappa shape index (κ1) is 18.9. The lowest BCUT2D eigenvalue weighted by molar-refractivity contribution is -0.131. The van der Waals surface area contributed by atoms with Gasteiger partial charge in [0, 0.05) is 5.56 Å². The van der Waals surface area contributed by atoms with Crippen molar-refractivity contribution in [2.75, 3.05) is 7.11 Å². The van der Waals surface area contributed by atoms with E-state index in [4.69, 9.17) is 9.15 Å². The van der Waals surface area contributed by atoms with Crippen molar-refractivity contribution in [2.45, 2.75) is 45.7 Å². The molecule has 1 N–H and O–H groups in total. The molecule has 3 amide bonds. The summed E-state index contributed by atoms with van der Waals surface area (Å²) in [7, 11) is 1.59. The summed E-state index contributed by atoms with van der Waals surface area (Å²) in [5, 5.41) is 10.8. The number of imide groups is 1. The molecule has 0 aliphatic carbocycles. The summed E-state index contributed by atoms with van der Waals surface area (Å²) >= 11 is 0. The summed E-state index contributed by atoms with van der Waals surface area (Å²) in [4.78, 5) is 26.2. The van der Waals surface area contributed by atoms with E-state index >= 15 is 0 Å². The second-order valence-corrected chi connectivity index (χ2v) is 7.32. The Morgan fingerprint density at radius 3 is 2.56 bits per heavy atom. The molecule has 1 atom stereocenters. The molecule has 8 heteroatoms. The van der Waals surface area contributed by atoms with Crippen LogP contribution in [-0.4, -0.2) is 39.7 Å². The standard InChI is InChI=1S/C19H24N4O4/c1-12(2)9-10-19(3)17(24)23(18(25)20-19)11-15-21-22-16(27-15)13-5-7-14(26-4)8-6-13/h5-8,12H,9-11H2,1-4H3,(H,20,25)/t19-/m0/s1. The number of hydrogen-bond acceptors (Lipinski definition) is 6. The van der Waals surface area contributed by atoms with Crippen LogP contribution in [0.25, 0.3) is 11.5 Å². The molecule has 144 valence electrons. The summed E-state index contributed by atoms with van der Waals surface area (Å²) in [5.41, 5.74) is -0.159. The predicted octanol–water partition coefficient (Wildman–Crippen LogP) is 2.99. The number of nitrogens with one attached hydrogen (secondary N) is 1. The molecule has 8 nitrogen and oxygen atoms in total. The third-order valence-corrected chi connectivity index (χ3v) is 4.66. The van der Waals surface area contributed by atoms with Crippen molar-refractivity contribution in [3.63, 3.8) is 0 Å². The number of rotatable bonds is 7. The highest BCUT2D eigenvalue weighted by Gasteiger charge is 2.47. The van der Waals surface area contributed by atoms with Crippen molar-refractivity contribution in [2.24, 2.45) is 5.92 Å². The van der Waals surface area contributed by atoms with Gasteiger partial charge in [-0.1, -0.05) is 13.8 Å². The highest BCUT2D eigenvalue weighted by Crippen LogP contribution is 2.27. The van der Waals surface area contributed by atoms with Crippen LogP contribution in [0.1, 0.15) is 39.5 Å². The molecule has 1 aliphatic heterocycles. The van der Waals surface area contributed by atoms with Crippen LogP contribution in [0, 0.1) is 5.92 Å². The number of amides is 3. The Morgan fingerprint density at radius 2 is 1.93 bits per heavy atom. The van der Waals surface area contributed by atoms with Crippen LogP contribution in [0.5, 0.6) is 5.75 Å². The molecule has 0 bridgehead atoms. The van der Waals surface area contributed by atoms with Gasteiger partial charge < -0.3 is 14.5 Å². The second kappa shape index (κ2) is 7.38. The molecule has 2 heterocycles. The van der Waals surface area contributed by atoms with Gasteiger partial charge in [0.05, 0.1) is 7.11 Å². The fraction of sp³-hybridized carbons (Fsp3) is 0.474. The molecule has 27 heavy (non-hydrogen) atoms. The molecule has 0 radical (unpaired) electrons. The van der Waals surface area contributed by atoms with Gasteiger partial charge in [-0.25, -0.2) is 4.79 Å². The van der Waals surface area contributed by atoms with E-state index in [-0.39, 0.29) is 18.3 Å². The fourth-order valence-corrected chi connectivity index (χ4v) is 2.94. The maximum absolute atomic E-state index is 12.7. The van der Waals surface area contributed by atoms with Gasteiger partial charge in [0.25, 0.3) is 5.91 Å². The maximum atomic E-state index is 12.7. The van der Waals surface area contributed by atoms with E-state index in [1.165, 1.54) is 0 Å². The molecule has 1 fully saturated rings. The lowest BCUT2D eigenvalue weighted by Gasteiger charge is -2.22. The summed E-state index contributed by atoms with van der Waals surface area (Å²) < 4.78 is 10.8. The van der Waals surface area contributed by atoms with Gasteiger partial charge in [0.1, 0.15) is 17.8 Å². The Balaban J connectivity index is 1.71. The van der Waals surface area contributed by atoms with Gasteiger partial charge in [-0.3, -0.25) is 9.69 Å². The number of ether oxygens (including phenoxy) is 1. The van der Waals surface area contributed by atoms with Crippen LogP contribution in [0.4, 0.5) is 4.79 Å². The molecule has 0 unspecified atom stereocenters. The summed E-state index contributed by atoms with van der Waals surface area (Å²) in [5.74, 6) is 1.43. The van der Waals surface area contributed by atoms with Gasteiger partial charge in [-0.05, 0) is 49.9 Å². The summed E-state index contributed by atoms with van der Waals surface area (Å²) in [6, 6.07) is 6.74. The number of aromatic nitrogens is 2. The Morgan fingerprint density at radius 1 is 1.22 bits per heavy atom. The summed E-state index contributed by atoms with van der Waals surface area (Å²) in [6.45, 7) is 5.88. The molecule has 0 saturated carbocycles. The molecule has 1 saturated heterocycles. The summed E-state index contributed by atoms with van der Waals surface area (Å²) in [6.07, 6.45) is 1.44. The Labute approximate surface area is 157 Å². The monoisotopic (exact) mass is 372 g/mol. The third-order valence-electron chi connectivity index (χ3n) is 4.66. The SMILES string of the molecule is COc1ccc(-c2nnc(CN3C(=O)N[C@@](C)(CCC(C)C)C3=O)o2)cc1. The van der Waals surface area contributed by atoms with Crippen LogP contribution in [0.3, 0.4) is 0 Å². The van der Waals surface area contributed by atoms with Crippen LogP contribution >= 0.6 is 0 Å². The van der Waals surface area contributed by atoms with Crippen LogP contribution < -0.4 is 10.1 Å². The zero-order valence-corrected chi connectivity index (χ0v) is 16.0. The predicted molar refractivity (Wildman–Crippen MR) is 97.8 cm³/mol. The maximum Gasteiger partial charge on any atom is 0.325 e. The largest absolute Gasteiger partial charge is 0.497 e. The van der Waals surface area contributed by atoms with Crippen molar-refractivity contribution in [3.8, 4) is 17.2 Å². The van der Waals surface area contributed by atoms with E-state index in [1.807, 2.05) is 0 Å². The smallest absolute Gasteiger partial charge is 0.325 e. The lowest BCUT2D eigenvalue weighted by Crippen LogP contribution is -2.44. The molecule has 1 aliphatic rings. The van der Waals surface area contributed by atoms with Crippen LogP contribution in [0.15, 0.2) is 28.7 Å². The molecule has 1 aromatic heterocycles. The second-order valence-electron chi connectivity index (χ2n) is 7.32. The molecule has 3 rings (SSSR count). The minimum absolute atomic E-state index is 0.0505. The molecular weight excluding hydrogens is 348 g/mol. The van der Waals surface area contributed by atoms with E-state index in [9.17, 15) is 9.59 Å². The van der Waals surface area contributed by atoms with Crippen LogP contribution in [-0.2, 0) is 11.3 Å². The van der Waals surface area contributed by atoms with Crippen molar-refractivity contribution >= 4 is 11.9 Å². The number of nitrogens with zero attached hydrogens (tertiary/aromatic N) is 3. The van der Waals surface area contributed by atoms with E-state index in [0.29, 0.717) is 18.2 Å². The van der Waals surface area contributed by atoms with E-state index in [2.05, 4.69) is 29.4 Å². The van der Waals surface area contributed by atoms with Gasteiger partial charge in [0.2, 0.25) is 11.8 Å². The van der Waals surface area contributed by atoms with Crippen molar-refractivity contribution < 1.29 is 18.7 Å². The number of urea groups is 1. The van der Waals surface area contributed by atoms with Crippen molar-refractivity contribution in [1.82, 2.24) is 20.4 Å². The average Bonchev–Trinajstić information content (AvgIpc) is 3.19. The minimum Gasteiger partial charge on any atom is -0.497 e.